The highest BCUT2D eigenvalue weighted by molar-refractivity contribution is 5.91. The number of carbonyl (C=O) groups is 1. The van der Waals surface area contributed by atoms with E-state index in [1.54, 1.807) is 0 Å². The molecule has 0 heterocycles. The fraction of sp³-hybridized carbons (Fsp3) is 0.727. The van der Waals surface area contributed by atoms with Crippen molar-refractivity contribution in [2.24, 2.45) is 11.8 Å². The number of aliphatic hydroxyl groups excluding tert-OH is 1. The number of fused-ring (bicyclic) bond motifs is 2. The first-order valence-corrected chi connectivity index (χ1v) is 5.19. The van der Waals surface area contributed by atoms with E-state index in [2.05, 4.69) is 0 Å². The van der Waals surface area contributed by atoms with Crippen molar-refractivity contribution in [1.29, 1.82) is 0 Å². The van der Waals surface area contributed by atoms with Crippen molar-refractivity contribution in [1.82, 2.24) is 0 Å². The predicted octanol–water partition coefficient (Wildman–Crippen LogP) is 1.27. The summed E-state index contributed by atoms with van der Waals surface area (Å²) in [5, 5.41) is 8.95. The molecule has 1 N–H and O–H groups in total. The fourth-order valence-electron chi connectivity index (χ4n) is 2.89. The zero-order valence-corrected chi connectivity index (χ0v) is 8.45. The SMILES string of the molecule is COC(=O)C1=C2CCC(C2)C1CCO. The third-order valence-corrected chi connectivity index (χ3v) is 3.49. The number of aliphatic hydroxyl groups is 1. The molecule has 2 bridgehead atoms. The van der Waals surface area contributed by atoms with Crippen LogP contribution in [-0.4, -0.2) is 24.8 Å². The monoisotopic (exact) mass is 196 g/mol. The third kappa shape index (κ3) is 1.36. The standard InChI is InChI=1S/C11H16O3/c1-14-11(13)10-8-3-2-7(6-8)9(10)4-5-12/h7,9,12H,2-6H2,1H3. The summed E-state index contributed by atoms with van der Waals surface area (Å²) in [5.41, 5.74) is 2.15. The summed E-state index contributed by atoms with van der Waals surface area (Å²) in [7, 11) is 1.43. The molecule has 0 radical (unpaired) electrons. The van der Waals surface area contributed by atoms with Gasteiger partial charge in [-0.1, -0.05) is 5.57 Å². The molecule has 2 aliphatic rings. The van der Waals surface area contributed by atoms with Crippen LogP contribution in [0.4, 0.5) is 0 Å². The molecule has 78 valence electrons. The minimum Gasteiger partial charge on any atom is -0.466 e. The molecule has 0 aliphatic heterocycles. The highest BCUT2D eigenvalue weighted by atomic mass is 16.5. The Morgan fingerprint density at radius 2 is 2.43 bits per heavy atom. The van der Waals surface area contributed by atoms with E-state index in [9.17, 15) is 4.79 Å². The first-order valence-electron chi connectivity index (χ1n) is 5.19. The van der Waals surface area contributed by atoms with Gasteiger partial charge in [-0.3, -0.25) is 0 Å². The van der Waals surface area contributed by atoms with E-state index in [4.69, 9.17) is 9.84 Å². The Balaban J connectivity index is 2.22. The van der Waals surface area contributed by atoms with Gasteiger partial charge < -0.3 is 9.84 Å². The van der Waals surface area contributed by atoms with Gasteiger partial charge in [-0.25, -0.2) is 4.79 Å². The van der Waals surface area contributed by atoms with Crippen LogP contribution in [0, 0.1) is 11.8 Å². The van der Waals surface area contributed by atoms with Gasteiger partial charge in [-0.05, 0) is 37.5 Å². The number of esters is 1. The van der Waals surface area contributed by atoms with Gasteiger partial charge in [-0.15, -0.1) is 0 Å². The molecular formula is C11H16O3. The van der Waals surface area contributed by atoms with Gasteiger partial charge in [0.1, 0.15) is 0 Å². The quantitative estimate of drug-likeness (QED) is 0.691. The number of rotatable bonds is 3. The van der Waals surface area contributed by atoms with Crippen LogP contribution in [-0.2, 0) is 9.53 Å². The lowest BCUT2D eigenvalue weighted by molar-refractivity contribution is -0.137. The maximum atomic E-state index is 11.5. The van der Waals surface area contributed by atoms with E-state index in [0.717, 1.165) is 18.4 Å². The Morgan fingerprint density at radius 1 is 1.64 bits per heavy atom. The molecule has 0 aromatic heterocycles. The number of ether oxygens (including phenoxy) is 1. The summed E-state index contributed by atoms with van der Waals surface area (Å²) in [6.07, 6.45) is 3.99. The van der Waals surface area contributed by atoms with Crippen molar-refractivity contribution in [2.75, 3.05) is 13.7 Å². The Labute approximate surface area is 83.8 Å². The van der Waals surface area contributed by atoms with Gasteiger partial charge in [0.25, 0.3) is 0 Å². The van der Waals surface area contributed by atoms with Crippen molar-refractivity contribution < 1.29 is 14.6 Å². The zero-order chi connectivity index (χ0) is 10.1. The Kier molecular flexibility index (Phi) is 2.59. The van der Waals surface area contributed by atoms with Crippen LogP contribution >= 0.6 is 0 Å². The zero-order valence-electron chi connectivity index (χ0n) is 8.45. The molecule has 0 spiro atoms. The lowest BCUT2D eigenvalue weighted by Crippen LogP contribution is -2.20. The van der Waals surface area contributed by atoms with Gasteiger partial charge in [0, 0.05) is 12.2 Å². The van der Waals surface area contributed by atoms with Gasteiger partial charge in [0.15, 0.2) is 0 Å². The van der Waals surface area contributed by atoms with Crippen molar-refractivity contribution >= 4 is 5.97 Å². The normalized spacial score (nSPS) is 29.9. The summed E-state index contributed by atoms with van der Waals surface area (Å²) in [6.45, 7) is 0.162. The van der Waals surface area contributed by atoms with E-state index in [1.165, 1.54) is 19.1 Å². The molecule has 0 aromatic rings. The predicted molar refractivity (Wildman–Crippen MR) is 51.6 cm³/mol. The molecule has 0 amide bonds. The van der Waals surface area contributed by atoms with E-state index < -0.39 is 0 Å². The molecule has 1 fully saturated rings. The average molecular weight is 196 g/mol. The second kappa shape index (κ2) is 3.73. The van der Waals surface area contributed by atoms with Crippen molar-refractivity contribution in [2.45, 2.75) is 25.7 Å². The second-order valence-corrected chi connectivity index (χ2v) is 4.13. The molecule has 14 heavy (non-hydrogen) atoms. The number of hydrogen-bond acceptors (Lipinski definition) is 3. The van der Waals surface area contributed by atoms with Crippen molar-refractivity contribution in [3.05, 3.63) is 11.1 Å². The topological polar surface area (TPSA) is 46.5 Å². The maximum Gasteiger partial charge on any atom is 0.333 e. The Hall–Kier alpha value is -0.830. The lowest BCUT2D eigenvalue weighted by atomic mass is 9.84. The second-order valence-electron chi connectivity index (χ2n) is 4.13. The smallest absolute Gasteiger partial charge is 0.333 e. The molecule has 2 atom stereocenters. The molecule has 0 saturated heterocycles. The molecule has 2 unspecified atom stereocenters. The van der Waals surface area contributed by atoms with Gasteiger partial charge in [0.2, 0.25) is 0 Å². The fourth-order valence-corrected chi connectivity index (χ4v) is 2.89. The lowest BCUT2D eigenvalue weighted by Gasteiger charge is -2.22. The van der Waals surface area contributed by atoms with Crippen LogP contribution in [0.25, 0.3) is 0 Å². The Morgan fingerprint density at radius 3 is 3.07 bits per heavy atom. The molecule has 0 aromatic carbocycles. The van der Waals surface area contributed by atoms with E-state index in [-0.39, 0.29) is 18.5 Å². The van der Waals surface area contributed by atoms with E-state index >= 15 is 0 Å². The van der Waals surface area contributed by atoms with E-state index in [1.807, 2.05) is 0 Å². The summed E-state index contributed by atoms with van der Waals surface area (Å²) in [4.78, 5) is 11.5. The van der Waals surface area contributed by atoms with Crippen LogP contribution < -0.4 is 0 Å². The summed E-state index contributed by atoms with van der Waals surface area (Å²) in [6, 6.07) is 0. The highest BCUT2D eigenvalue weighted by Crippen LogP contribution is 2.49. The summed E-state index contributed by atoms with van der Waals surface area (Å²) < 4.78 is 4.78. The maximum absolute atomic E-state index is 11.5. The summed E-state index contributed by atoms with van der Waals surface area (Å²) in [5.74, 6) is 0.670. The minimum atomic E-state index is -0.180. The van der Waals surface area contributed by atoms with Gasteiger partial charge >= 0.3 is 5.97 Å². The molecular weight excluding hydrogens is 180 g/mol. The third-order valence-electron chi connectivity index (χ3n) is 3.49. The van der Waals surface area contributed by atoms with Crippen LogP contribution in [0.5, 0.6) is 0 Å². The molecule has 1 saturated carbocycles. The Bertz CT molecular complexity index is 280. The molecule has 3 nitrogen and oxygen atoms in total. The number of carbonyl (C=O) groups excluding carboxylic acids is 1. The number of methoxy groups -OCH3 is 1. The van der Waals surface area contributed by atoms with Crippen molar-refractivity contribution in [3.8, 4) is 0 Å². The number of hydrogen-bond donors (Lipinski definition) is 1. The summed E-state index contributed by atoms with van der Waals surface area (Å²) >= 11 is 0. The van der Waals surface area contributed by atoms with E-state index in [0.29, 0.717) is 12.3 Å². The van der Waals surface area contributed by atoms with Gasteiger partial charge in [0.05, 0.1) is 7.11 Å². The molecule has 3 heteroatoms. The average Bonchev–Trinajstić information content (AvgIpc) is 2.77. The first-order chi connectivity index (χ1) is 6.77. The van der Waals surface area contributed by atoms with Crippen LogP contribution in [0.1, 0.15) is 25.7 Å². The highest BCUT2D eigenvalue weighted by Gasteiger charge is 2.41. The number of allylic oxidation sites excluding steroid dienone is 1. The van der Waals surface area contributed by atoms with Gasteiger partial charge in [-0.2, -0.15) is 0 Å². The first kappa shape index (κ1) is 9.71. The molecule has 2 rings (SSSR count). The largest absolute Gasteiger partial charge is 0.466 e. The molecule has 2 aliphatic carbocycles. The van der Waals surface area contributed by atoms with Crippen LogP contribution in [0.15, 0.2) is 11.1 Å². The minimum absolute atomic E-state index is 0.162. The van der Waals surface area contributed by atoms with Crippen LogP contribution in [0.2, 0.25) is 0 Å². The van der Waals surface area contributed by atoms with Crippen molar-refractivity contribution in [3.63, 3.8) is 0 Å². The van der Waals surface area contributed by atoms with Crippen LogP contribution in [0.3, 0.4) is 0 Å².